The molecule has 13 nitrogen and oxygen atoms in total. The second-order valence-corrected chi connectivity index (χ2v) is 12.2. The van der Waals surface area contributed by atoms with E-state index in [4.69, 9.17) is 14.7 Å². The molecular weight excluding hydrogens is 624 g/mol. The van der Waals surface area contributed by atoms with Crippen molar-refractivity contribution in [1.29, 1.82) is 0 Å². The van der Waals surface area contributed by atoms with Crippen LogP contribution in [-0.2, 0) is 25.7 Å². The van der Waals surface area contributed by atoms with Gasteiger partial charge in [0.1, 0.15) is 5.75 Å². The molecule has 5 N–H and O–H groups in total. The molecule has 0 saturated carbocycles. The topological polar surface area (TPSA) is 181 Å². The average Bonchev–Trinajstić information content (AvgIpc) is 3.58. The van der Waals surface area contributed by atoms with E-state index in [9.17, 15) is 19.8 Å². The number of benzene rings is 3. The Labute approximate surface area is 276 Å². The van der Waals surface area contributed by atoms with Crippen LogP contribution in [0.3, 0.4) is 0 Å². The number of carbonyl (C=O) groups excluding carboxylic acids is 2. The zero-order valence-electron chi connectivity index (χ0n) is 25.7. The Morgan fingerprint density at radius 2 is 1.55 bits per heavy atom. The van der Waals surface area contributed by atoms with Crippen molar-refractivity contribution in [1.82, 2.24) is 25.7 Å². The first-order chi connectivity index (χ1) is 22.9. The predicted octanol–water partition coefficient (Wildman–Crippen LogP) is 4.98. The van der Waals surface area contributed by atoms with Gasteiger partial charge in [-0.2, -0.15) is 4.68 Å². The molecule has 3 aromatic carbocycles. The molecular formula is C33H38N6O7S. The summed E-state index contributed by atoms with van der Waals surface area (Å²) >= 11 is 1.46. The van der Waals surface area contributed by atoms with E-state index in [1.54, 1.807) is 34.4 Å². The van der Waals surface area contributed by atoms with Crippen LogP contribution in [0.1, 0.15) is 74.0 Å². The fraction of sp³-hybridized carbons (Fsp3) is 0.364. The standard InChI is InChI=1S/C33H38N6O7S/c40-20-22-7-9-23(10-8-22)29-19-28(21-47-33-35-37-38-39(33)26-15-17-27(41)18-16-26)45-32(46-29)24-11-13-25(14-12-24)34-30(42)5-3-1-2-4-6-31(43)36-44/h7-18,28-29,32,40-41,44H,1-6,19-21H2,(H,34,42)(H,36,43)/t28-,29+,32+/m0/s1. The van der Waals surface area contributed by atoms with Gasteiger partial charge in [0, 0.05) is 36.3 Å². The number of phenolic OH excluding ortho intramolecular Hbond substituents is 1. The van der Waals surface area contributed by atoms with Gasteiger partial charge in [-0.1, -0.05) is 61.0 Å². The molecule has 3 atom stereocenters. The first-order valence-electron chi connectivity index (χ1n) is 15.5. The molecule has 0 unspecified atom stereocenters. The number of aromatic nitrogens is 4. The van der Waals surface area contributed by atoms with Crippen LogP contribution >= 0.6 is 11.8 Å². The lowest BCUT2D eigenvalue weighted by atomic mass is 10.0. The number of aliphatic hydroxyl groups excluding tert-OH is 1. The van der Waals surface area contributed by atoms with Gasteiger partial charge < -0.3 is 25.0 Å². The first kappa shape index (κ1) is 34.0. The van der Waals surface area contributed by atoms with Crippen molar-refractivity contribution in [3.8, 4) is 11.4 Å². The van der Waals surface area contributed by atoms with Gasteiger partial charge in [0.15, 0.2) is 6.29 Å². The van der Waals surface area contributed by atoms with Crippen LogP contribution in [0.4, 0.5) is 5.69 Å². The van der Waals surface area contributed by atoms with Crippen LogP contribution < -0.4 is 10.8 Å². The van der Waals surface area contributed by atoms with Gasteiger partial charge in [-0.05, 0) is 70.8 Å². The second-order valence-electron chi connectivity index (χ2n) is 11.2. The third kappa shape index (κ3) is 9.83. The molecule has 0 radical (unpaired) electrons. The molecule has 0 aliphatic carbocycles. The predicted molar refractivity (Wildman–Crippen MR) is 173 cm³/mol. The molecule has 1 aromatic heterocycles. The summed E-state index contributed by atoms with van der Waals surface area (Å²) in [6.45, 7) is -0.0407. The Bertz CT molecular complexity index is 1580. The molecule has 1 aliphatic heterocycles. The average molecular weight is 663 g/mol. The molecule has 248 valence electrons. The monoisotopic (exact) mass is 662 g/mol. The lowest BCUT2D eigenvalue weighted by molar-refractivity contribution is -0.245. The van der Waals surface area contributed by atoms with Gasteiger partial charge in [-0.3, -0.25) is 14.8 Å². The lowest BCUT2D eigenvalue weighted by Crippen LogP contribution is -2.31. The highest BCUT2D eigenvalue weighted by Crippen LogP contribution is 2.39. The van der Waals surface area contributed by atoms with E-state index >= 15 is 0 Å². The normalized spacial score (nSPS) is 17.7. The van der Waals surface area contributed by atoms with Crippen molar-refractivity contribution >= 4 is 29.3 Å². The van der Waals surface area contributed by atoms with Crippen molar-refractivity contribution in [2.45, 2.75) is 75.2 Å². The summed E-state index contributed by atoms with van der Waals surface area (Å²) in [4.78, 5) is 23.5. The minimum atomic E-state index is -0.664. The van der Waals surface area contributed by atoms with E-state index in [0.29, 0.717) is 42.3 Å². The number of phenols is 1. The Hall–Kier alpha value is -4.34. The van der Waals surface area contributed by atoms with Crippen LogP contribution in [0.5, 0.6) is 5.75 Å². The largest absolute Gasteiger partial charge is 0.508 e. The van der Waals surface area contributed by atoms with Gasteiger partial charge in [-0.25, -0.2) is 5.48 Å². The molecule has 2 heterocycles. The zero-order valence-corrected chi connectivity index (χ0v) is 26.5. The van der Waals surface area contributed by atoms with E-state index in [1.807, 2.05) is 48.5 Å². The van der Waals surface area contributed by atoms with E-state index < -0.39 is 12.2 Å². The summed E-state index contributed by atoms with van der Waals surface area (Å²) in [6, 6.07) is 21.7. The van der Waals surface area contributed by atoms with Gasteiger partial charge in [0.25, 0.3) is 0 Å². The summed E-state index contributed by atoms with van der Waals surface area (Å²) in [6.07, 6.45) is 3.06. The molecule has 47 heavy (non-hydrogen) atoms. The number of anilines is 1. The van der Waals surface area contributed by atoms with E-state index in [0.717, 1.165) is 35.2 Å². The summed E-state index contributed by atoms with van der Waals surface area (Å²) in [5.41, 5.74) is 5.60. The van der Waals surface area contributed by atoms with E-state index in [2.05, 4.69) is 20.8 Å². The maximum Gasteiger partial charge on any atom is 0.243 e. The summed E-state index contributed by atoms with van der Waals surface area (Å²) in [7, 11) is 0. The molecule has 0 spiro atoms. The highest BCUT2D eigenvalue weighted by Gasteiger charge is 2.32. The number of amides is 2. The lowest BCUT2D eigenvalue weighted by Gasteiger charge is -2.36. The number of hydroxylamine groups is 1. The maximum absolute atomic E-state index is 12.5. The van der Waals surface area contributed by atoms with Crippen molar-refractivity contribution < 1.29 is 34.5 Å². The molecule has 1 fully saturated rings. The van der Waals surface area contributed by atoms with Gasteiger partial charge in [0.2, 0.25) is 17.0 Å². The summed E-state index contributed by atoms with van der Waals surface area (Å²) < 4.78 is 14.5. The number of unbranched alkanes of at least 4 members (excludes halogenated alkanes) is 3. The maximum atomic E-state index is 12.5. The number of aliphatic hydroxyl groups is 1. The number of hydrogen-bond acceptors (Lipinski definition) is 11. The van der Waals surface area contributed by atoms with Gasteiger partial charge in [0.05, 0.1) is 24.5 Å². The van der Waals surface area contributed by atoms with Crippen LogP contribution in [0, 0.1) is 0 Å². The Balaban J connectivity index is 1.21. The number of nitrogens with one attached hydrogen (secondary N) is 2. The number of nitrogens with zero attached hydrogens (tertiary/aromatic N) is 4. The number of thioether (sulfide) groups is 1. The van der Waals surface area contributed by atoms with Crippen molar-refractivity contribution in [2.75, 3.05) is 11.1 Å². The van der Waals surface area contributed by atoms with Gasteiger partial charge in [-0.15, -0.1) is 5.10 Å². The number of tetrazole rings is 1. The molecule has 5 rings (SSSR count). The number of ether oxygens (including phenoxy) is 2. The van der Waals surface area contributed by atoms with E-state index in [1.165, 1.54) is 11.8 Å². The molecule has 2 amide bonds. The zero-order chi connectivity index (χ0) is 33.0. The summed E-state index contributed by atoms with van der Waals surface area (Å²) in [5, 5.41) is 43.3. The fourth-order valence-corrected chi connectivity index (χ4v) is 6.05. The van der Waals surface area contributed by atoms with E-state index in [-0.39, 0.29) is 36.9 Å². The second kappa shape index (κ2) is 17.0. The Morgan fingerprint density at radius 1 is 0.872 bits per heavy atom. The molecule has 14 heteroatoms. The molecule has 1 aliphatic rings. The van der Waals surface area contributed by atoms with Gasteiger partial charge >= 0.3 is 0 Å². The first-order valence-corrected chi connectivity index (χ1v) is 16.4. The highest BCUT2D eigenvalue weighted by molar-refractivity contribution is 7.99. The molecule has 1 saturated heterocycles. The van der Waals surface area contributed by atoms with Crippen LogP contribution in [-0.4, -0.2) is 59.3 Å². The minimum Gasteiger partial charge on any atom is -0.508 e. The Morgan fingerprint density at radius 3 is 2.23 bits per heavy atom. The number of aromatic hydroxyl groups is 1. The van der Waals surface area contributed by atoms with Crippen molar-refractivity contribution in [3.63, 3.8) is 0 Å². The highest BCUT2D eigenvalue weighted by atomic mass is 32.2. The molecule has 4 aromatic rings. The third-order valence-electron chi connectivity index (χ3n) is 7.70. The number of rotatable bonds is 15. The quantitative estimate of drug-likeness (QED) is 0.0501. The number of carbonyl (C=O) groups is 2. The minimum absolute atomic E-state index is 0.0407. The molecule has 0 bridgehead atoms. The smallest absolute Gasteiger partial charge is 0.243 e. The van der Waals surface area contributed by atoms with Crippen LogP contribution in [0.25, 0.3) is 5.69 Å². The van der Waals surface area contributed by atoms with Crippen molar-refractivity contribution in [3.05, 3.63) is 89.5 Å². The third-order valence-corrected chi connectivity index (χ3v) is 8.75. The van der Waals surface area contributed by atoms with Crippen LogP contribution in [0.15, 0.2) is 78.0 Å². The summed E-state index contributed by atoms with van der Waals surface area (Å²) in [5.74, 6) is 0.213. The Kier molecular flexibility index (Phi) is 12.3. The number of hydrogen-bond donors (Lipinski definition) is 5. The van der Waals surface area contributed by atoms with Crippen molar-refractivity contribution in [2.24, 2.45) is 0 Å². The SMILES string of the molecule is O=C(CCCCCCC(=O)Nc1ccc([C@@H]2O[C@H](CSc3nnnn3-c3ccc(O)cc3)C[C@H](c3ccc(CO)cc3)O2)cc1)NO. The van der Waals surface area contributed by atoms with Crippen LogP contribution in [0.2, 0.25) is 0 Å². The fourth-order valence-electron chi connectivity index (χ4n) is 5.14.